The standard InChI is InChI=1S/C25H20Cl2F2N4O/c26-19-17(28)7-6-14-4-1-5-15(18(14)19)21-20(29)22-16(12-30-21)23(27)32-24(31-22)34-13-25-8-2-10-33(25)11-3-9-25/h1,4-7,12H,2-3,8-11,13H2. The number of nitrogens with zero attached hydrogens (tertiary/aromatic N) is 4. The molecule has 0 amide bonds. The van der Waals surface area contributed by atoms with Gasteiger partial charge < -0.3 is 4.74 Å². The highest BCUT2D eigenvalue weighted by Crippen LogP contribution is 2.40. The SMILES string of the molecule is Fc1ccc2cccc(-c3ncc4c(Cl)nc(OCC56CCCN5CCC6)nc4c3F)c2c1Cl. The van der Waals surface area contributed by atoms with Crippen molar-refractivity contribution >= 4 is 44.9 Å². The second-order valence-corrected chi connectivity index (χ2v) is 9.69. The molecule has 9 heteroatoms. The van der Waals surface area contributed by atoms with Crippen LogP contribution in [0.2, 0.25) is 10.2 Å². The molecule has 2 saturated heterocycles. The number of hydrogen-bond donors (Lipinski definition) is 0. The topological polar surface area (TPSA) is 51.1 Å². The van der Waals surface area contributed by atoms with E-state index >= 15 is 4.39 Å². The molecule has 2 aliphatic heterocycles. The van der Waals surface area contributed by atoms with E-state index in [0.29, 0.717) is 22.9 Å². The highest BCUT2D eigenvalue weighted by molar-refractivity contribution is 6.37. The number of rotatable bonds is 4. The molecule has 0 N–H and O–H groups in total. The summed E-state index contributed by atoms with van der Waals surface area (Å²) in [6.45, 7) is 2.58. The zero-order valence-corrected chi connectivity index (χ0v) is 19.6. The molecule has 34 heavy (non-hydrogen) atoms. The third kappa shape index (κ3) is 3.41. The summed E-state index contributed by atoms with van der Waals surface area (Å²) in [5.41, 5.74) is 0.362. The fourth-order valence-electron chi connectivity index (χ4n) is 5.42. The minimum absolute atomic E-state index is 0.00247. The average molecular weight is 501 g/mol. The Bertz CT molecular complexity index is 1440. The Balaban J connectivity index is 1.43. The van der Waals surface area contributed by atoms with Crippen LogP contribution in [0.3, 0.4) is 0 Å². The van der Waals surface area contributed by atoms with E-state index < -0.39 is 11.6 Å². The van der Waals surface area contributed by atoms with Crippen molar-refractivity contribution in [1.82, 2.24) is 19.9 Å². The van der Waals surface area contributed by atoms with Gasteiger partial charge in [-0.2, -0.15) is 9.97 Å². The van der Waals surface area contributed by atoms with Gasteiger partial charge in [0.05, 0.1) is 15.9 Å². The molecule has 4 heterocycles. The largest absolute Gasteiger partial charge is 0.461 e. The maximum Gasteiger partial charge on any atom is 0.318 e. The molecular weight excluding hydrogens is 481 g/mol. The maximum absolute atomic E-state index is 15.8. The fourth-order valence-corrected chi connectivity index (χ4v) is 5.91. The smallest absolute Gasteiger partial charge is 0.318 e. The van der Waals surface area contributed by atoms with Gasteiger partial charge in [-0.05, 0) is 50.2 Å². The van der Waals surface area contributed by atoms with E-state index in [-0.39, 0.29) is 38.3 Å². The number of hydrogen-bond acceptors (Lipinski definition) is 5. The Morgan fingerprint density at radius 2 is 1.82 bits per heavy atom. The van der Waals surface area contributed by atoms with Gasteiger partial charge in [-0.25, -0.2) is 8.78 Å². The number of benzene rings is 2. The van der Waals surface area contributed by atoms with E-state index in [0.717, 1.165) is 38.8 Å². The van der Waals surface area contributed by atoms with E-state index in [4.69, 9.17) is 27.9 Å². The minimum atomic E-state index is -0.694. The van der Waals surface area contributed by atoms with Crippen LogP contribution in [0.1, 0.15) is 25.7 Å². The van der Waals surface area contributed by atoms with Crippen LogP contribution in [0, 0.1) is 11.6 Å². The summed E-state index contributed by atoms with van der Waals surface area (Å²) in [4.78, 5) is 15.3. The molecule has 174 valence electrons. The first-order chi connectivity index (χ1) is 16.5. The van der Waals surface area contributed by atoms with Crippen molar-refractivity contribution in [1.29, 1.82) is 0 Å². The van der Waals surface area contributed by atoms with Gasteiger partial charge in [0.25, 0.3) is 0 Å². The van der Waals surface area contributed by atoms with E-state index in [2.05, 4.69) is 19.9 Å². The molecule has 0 saturated carbocycles. The van der Waals surface area contributed by atoms with Crippen LogP contribution in [0.4, 0.5) is 8.78 Å². The van der Waals surface area contributed by atoms with Crippen LogP contribution in [0.25, 0.3) is 32.9 Å². The normalized spacial score (nSPS) is 17.5. The lowest BCUT2D eigenvalue weighted by atomic mass is 9.95. The van der Waals surface area contributed by atoms with Crippen LogP contribution < -0.4 is 4.74 Å². The van der Waals surface area contributed by atoms with Gasteiger partial charge in [0, 0.05) is 17.1 Å². The molecule has 2 aromatic heterocycles. The van der Waals surface area contributed by atoms with E-state index in [9.17, 15) is 4.39 Å². The summed E-state index contributed by atoms with van der Waals surface area (Å²) in [5.74, 6) is -1.28. The molecule has 0 spiro atoms. The van der Waals surface area contributed by atoms with E-state index in [1.54, 1.807) is 24.3 Å². The molecule has 0 atom stereocenters. The van der Waals surface area contributed by atoms with Gasteiger partial charge >= 0.3 is 6.01 Å². The lowest BCUT2D eigenvalue weighted by Gasteiger charge is -2.31. The Hall–Kier alpha value is -2.61. The van der Waals surface area contributed by atoms with Gasteiger partial charge in [-0.15, -0.1) is 0 Å². The van der Waals surface area contributed by atoms with Crippen LogP contribution >= 0.6 is 23.2 Å². The summed E-state index contributed by atoms with van der Waals surface area (Å²) in [7, 11) is 0. The van der Waals surface area contributed by atoms with Crippen LogP contribution in [0.5, 0.6) is 6.01 Å². The molecule has 0 unspecified atom stereocenters. The van der Waals surface area contributed by atoms with Gasteiger partial charge in [0.1, 0.15) is 28.8 Å². The monoisotopic (exact) mass is 500 g/mol. The van der Waals surface area contributed by atoms with Crippen molar-refractivity contribution in [3.05, 3.63) is 58.3 Å². The van der Waals surface area contributed by atoms with Crippen molar-refractivity contribution in [3.8, 4) is 17.3 Å². The highest BCUT2D eigenvalue weighted by atomic mass is 35.5. The predicted octanol–water partition coefficient (Wildman–Crippen LogP) is 6.44. The third-order valence-corrected chi connectivity index (χ3v) is 7.75. The van der Waals surface area contributed by atoms with Crippen LogP contribution in [-0.2, 0) is 0 Å². The number of pyridine rings is 1. The lowest BCUT2D eigenvalue weighted by Crippen LogP contribution is -2.43. The fraction of sp³-hybridized carbons (Fsp3) is 0.320. The minimum Gasteiger partial charge on any atom is -0.461 e. The molecule has 0 aliphatic carbocycles. The maximum atomic E-state index is 15.8. The highest BCUT2D eigenvalue weighted by Gasteiger charge is 2.45. The van der Waals surface area contributed by atoms with Gasteiger partial charge in [0.15, 0.2) is 5.82 Å². The van der Waals surface area contributed by atoms with E-state index in [1.807, 2.05) is 0 Å². The molecule has 0 radical (unpaired) electrons. The first-order valence-corrected chi connectivity index (χ1v) is 12.0. The van der Waals surface area contributed by atoms with Crippen molar-refractivity contribution in [3.63, 3.8) is 0 Å². The molecule has 2 aliphatic rings. The summed E-state index contributed by atoms with van der Waals surface area (Å²) in [6, 6.07) is 8.08. The van der Waals surface area contributed by atoms with Gasteiger partial charge in [0.2, 0.25) is 0 Å². The molecule has 6 rings (SSSR count). The predicted molar refractivity (Wildman–Crippen MR) is 128 cm³/mol. The third-order valence-electron chi connectivity index (χ3n) is 7.09. The second kappa shape index (κ2) is 8.26. The lowest BCUT2D eigenvalue weighted by molar-refractivity contribution is 0.108. The quantitative estimate of drug-likeness (QED) is 0.302. The van der Waals surface area contributed by atoms with Crippen molar-refractivity contribution in [2.24, 2.45) is 0 Å². The second-order valence-electron chi connectivity index (χ2n) is 8.95. The van der Waals surface area contributed by atoms with Crippen LogP contribution in [-0.4, -0.2) is 45.1 Å². The van der Waals surface area contributed by atoms with Crippen molar-refractivity contribution in [2.75, 3.05) is 19.7 Å². The first kappa shape index (κ1) is 21.9. The van der Waals surface area contributed by atoms with E-state index in [1.165, 1.54) is 12.3 Å². The average Bonchev–Trinajstić information content (AvgIpc) is 3.41. The molecule has 5 nitrogen and oxygen atoms in total. The van der Waals surface area contributed by atoms with Crippen molar-refractivity contribution in [2.45, 2.75) is 31.2 Å². The number of halogens is 4. The summed E-state index contributed by atoms with van der Waals surface area (Å²) in [6.07, 6.45) is 5.83. The Morgan fingerprint density at radius 1 is 1.03 bits per heavy atom. The molecule has 4 aromatic rings. The van der Waals surface area contributed by atoms with Gasteiger partial charge in [-0.1, -0.05) is 47.5 Å². The first-order valence-electron chi connectivity index (χ1n) is 11.2. The summed E-state index contributed by atoms with van der Waals surface area (Å²) in [5, 5.41) is 1.30. The number of aromatic nitrogens is 3. The Morgan fingerprint density at radius 3 is 2.62 bits per heavy atom. The molecule has 2 aromatic carbocycles. The van der Waals surface area contributed by atoms with Crippen LogP contribution in [0.15, 0.2) is 36.5 Å². The van der Waals surface area contributed by atoms with Gasteiger partial charge in [-0.3, -0.25) is 9.88 Å². The molecule has 2 fully saturated rings. The summed E-state index contributed by atoms with van der Waals surface area (Å²) >= 11 is 12.6. The number of fused-ring (bicyclic) bond motifs is 3. The zero-order chi connectivity index (χ0) is 23.4. The Kier molecular flexibility index (Phi) is 5.32. The molecular formula is C25H20Cl2F2N4O. The Labute approximate surface area is 204 Å². The number of ether oxygens (including phenoxy) is 1. The van der Waals surface area contributed by atoms with Crippen molar-refractivity contribution < 1.29 is 13.5 Å². The zero-order valence-electron chi connectivity index (χ0n) is 18.1. The summed E-state index contributed by atoms with van der Waals surface area (Å²) < 4.78 is 36.0. The molecule has 0 bridgehead atoms.